The van der Waals surface area contributed by atoms with Gasteiger partial charge in [-0.05, 0) is 38.3 Å². The van der Waals surface area contributed by atoms with Crippen molar-refractivity contribution in [2.45, 2.75) is 57.9 Å². The maximum Gasteiger partial charge on any atom is 0.274 e. The summed E-state index contributed by atoms with van der Waals surface area (Å²) in [7, 11) is 1.59. The van der Waals surface area contributed by atoms with Gasteiger partial charge in [0.1, 0.15) is 17.0 Å². The highest BCUT2D eigenvalue weighted by molar-refractivity contribution is 6.07. The number of aromatic nitrogens is 2. The largest absolute Gasteiger partial charge is 0.496 e. The fraction of sp³-hybridized carbons (Fsp3) is 0.357. The predicted octanol–water partition coefficient (Wildman–Crippen LogP) is 2.82. The van der Waals surface area contributed by atoms with Gasteiger partial charge in [0.2, 0.25) is 5.91 Å². The molecule has 2 aliphatic rings. The molecule has 1 unspecified atom stereocenters. The summed E-state index contributed by atoms with van der Waals surface area (Å²) in [6, 6.07) is 15.3. The summed E-state index contributed by atoms with van der Waals surface area (Å²) >= 11 is 0. The molecule has 3 aromatic rings. The molecule has 1 aromatic heterocycles. The van der Waals surface area contributed by atoms with E-state index in [4.69, 9.17) is 4.74 Å². The van der Waals surface area contributed by atoms with E-state index >= 15 is 0 Å². The molecule has 3 amide bonds. The number of imidazole rings is 1. The van der Waals surface area contributed by atoms with Crippen LogP contribution in [0.3, 0.4) is 0 Å². The van der Waals surface area contributed by atoms with Crippen molar-refractivity contribution in [3.63, 3.8) is 0 Å². The van der Waals surface area contributed by atoms with Crippen molar-refractivity contribution in [3.8, 4) is 5.75 Å². The number of ether oxygens (including phenoxy) is 1. The SMILES string of the molecule is COc1ccccc1CNC(=O)C1(C)Cn2cnc(C(=O)NCc3ccc(C)cc3)c2C(=O)N1C1CC1. The molecule has 192 valence electrons. The number of carbonyl (C=O) groups excluding carboxylic acids is 3. The Balaban J connectivity index is 1.36. The number of methoxy groups -OCH3 is 1. The maximum atomic E-state index is 13.8. The molecule has 0 saturated heterocycles. The number of rotatable bonds is 8. The molecule has 2 aromatic carbocycles. The number of nitrogens with zero attached hydrogens (tertiary/aromatic N) is 3. The lowest BCUT2D eigenvalue weighted by Gasteiger charge is -2.44. The summed E-state index contributed by atoms with van der Waals surface area (Å²) in [6.07, 6.45) is 3.12. The Morgan fingerprint density at radius 1 is 1.08 bits per heavy atom. The van der Waals surface area contributed by atoms with Crippen LogP contribution in [0.4, 0.5) is 0 Å². The number of benzene rings is 2. The van der Waals surface area contributed by atoms with E-state index in [9.17, 15) is 14.4 Å². The van der Waals surface area contributed by atoms with E-state index in [1.165, 1.54) is 6.33 Å². The van der Waals surface area contributed by atoms with Crippen molar-refractivity contribution < 1.29 is 19.1 Å². The molecule has 1 saturated carbocycles. The van der Waals surface area contributed by atoms with Crippen LogP contribution in [0.2, 0.25) is 0 Å². The van der Waals surface area contributed by atoms with Crippen LogP contribution < -0.4 is 15.4 Å². The van der Waals surface area contributed by atoms with Crippen LogP contribution in [0.25, 0.3) is 0 Å². The quantitative estimate of drug-likeness (QED) is 0.494. The van der Waals surface area contributed by atoms with Crippen molar-refractivity contribution in [2.75, 3.05) is 7.11 Å². The Morgan fingerprint density at radius 2 is 1.81 bits per heavy atom. The fourth-order valence-corrected chi connectivity index (χ4v) is 4.91. The number of para-hydroxylation sites is 1. The molecule has 2 heterocycles. The molecule has 9 nitrogen and oxygen atoms in total. The van der Waals surface area contributed by atoms with Crippen LogP contribution in [0.5, 0.6) is 5.75 Å². The molecule has 1 aliphatic heterocycles. The highest BCUT2D eigenvalue weighted by Crippen LogP contribution is 2.39. The van der Waals surface area contributed by atoms with Crippen LogP contribution in [0, 0.1) is 6.92 Å². The number of hydrogen-bond donors (Lipinski definition) is 2. The van der Waals surface area contributed by atoms with Crippen LogP contribution in [-0.4, -0.2) is 50.9 Å². The minimum atomic E-state index is -1.12. The standard InChI is InChI=1S/C28H31N5O4/c1-18-8-10-19(11-9-18)14-29-25(34)23-24-26(35)33(21-12-13-21)28(2,16-32(24)17-31-23)27(36)30-15-20-6-4-5-7-22(20)37-3/h4-11,17,21H,12-16H2,1-3H3,(H,29,34)(H,30,36). The number of nitrogens with one attached hydrogen (secondary N) is 2. The molecule has 1 fully saturated rings. The number of hydrogen-bond acceptors (Lipinski definition) is 5. The van der Waals surface area contributed by atoms with Gasteiger partial charge in [0, 0.05) is 24.7 Å². The second kappa shape index (κ2) is 9.72. The number of fused-ring (bicyclic) bond motifs is 1. The molecule has 9 heteroatoms. The molecule has 0 spiro atoms. The van der Waals surface area contributed by atoms with Gasteiger partial charge < -0.3 is 24.8 Å². The van der Waals surface area contributed by atoms with Crippen LogP contribution in [0.1, 0.15) is 57.4 Å². The van der Waals surface area contributed by atoms with Gasteiger partial charge in [-0.2, -0.15) is 0 Å². The maximum absolute atomic E-state index is 13.8. The molecule has 1 atom stereocenters. The normalized spacial score (nSPS) is 18.8. The van der Waals surface area contributed by atoms with Crippen molar-refractivity contribution >= 4 is 17.7 Å². The zero-order valence-corrected chi connectivity index (χ0v) is 21.3. The van der Waals surface area contributed by atoms with Crippen LogP contribution in [-0.2, 0) is 24.4 Å². The molecular weight excluding hydrogens is 470 g/mol. The zero-order valence-electron chi connectivity index (χ0n) is 21.3. The van der Waals surface area contributed by atoms with Crippen LogP contribution >= 0.6 is 0 Å². The summed E-state index contributed by atoms with van der Waals surface area (Å²) < 4.78 is 7.02. The second-order valence-electron chi connectivity index (χ2n) is 9.91. The summed E-state index contributed by atoms with van der Waals surface area (Å²) in [5, 5.41) is 5.86. The van der Waals surface area contributed by atoms with Gasteiger partial charge in [0.25, 0.3) is 11.8 Å². The average molecular weight is 502 g/mol. The summed E-state index contributed by atoms with van der Waals surface area (Å²) in [6.45, 7) is 4.59. The summed E-state index contributed by atoms with van der Waals surface area (Å²) in [5.41, 5.74) is 2.13. The molecule has 1 aliphatic carbocycles. The topological polar surface area (TPSA) is 106 Å². The Bertz CT molecular complexity index is 1340. The molecule has 37 heavy (non-hydrogen) atoms. The van der Waals surface area contributed by atoms with E-state index in [0.29, 0.717) is 12.3 Å². The minimum Gasteiger partial charge on any atom is -0.496 e. The second-order valence-corrected chi connectivity index (χ2v) is 9.91. The van der Waals surface area contributed by atoms with Gasteiger partial charge in [-0.25, -0.2) is 4.98 Å². The Hall–Kier alpha value is -4.14. The van der Waals surface area contributed by atoms with E-state index in [1.54, 1.807) is 23.5 Å². The lowest BCUT2D eigenvalue weighted by Crippen LogP contribution is -2.64. The Labute approximate surface area is 215 Å². The Morgan fingerprint density at radius 3 is 2.51 bits per heavy atom. The average Bonchev–Trinajstić information content (AvgIpc) is 3.64. The third-order valence-corrected chi connectivity index (χ3v) is 7.09. The lowest BCUT2D eigenvalue weighted by molar-refractivity contribution is -0.133. The van der Waals surface area contributed by atoms with Gasteiger partial charge in [0.15, 0.2) is 5.69 Å². The van der Waals surface area contributed by atoms with Gasteiger partial charge in [-0.1, -0.05) is 48.0 Å². The smallest absolute Gasteiger partial charge is 0.274 e. The van der Waals surface area contributed by atoms with E-state index < -0.39 is 11.4 Å². The van der Waals surface area contributed by atoms with Gasteiger partial charge >= 0.3 is 0 Å². The van der Waals surface area contributed by atoms with E-state index in [0.717, 1.165) is 29.5 Å². The number of aryl methyl sites for hydroxylation is 1. The van der Waals surface area contributed by atoms with E-state index in [2.05, 4.69) is 15.6 Å². The molecule has 5 rings (SSSR count). The fourth-order valence-electron chi connectivity index (χ4n) is 4.91. The highest BCUT2D eigenvalue weighted by atomic mass is 16.5. The van der Waals surface area contributed by atoms with Gasteiger partial charge in [0.05, 0.1) is 20.0 Å². The first-order valence-corrected chi connectivity index (χ1v) is 12.4. The third-order valence-electron chi connectivity index (χ3n) is 7.09. The van der Waals surface area contributed by atoms with Gasteiger partial charge in [-0.15, -0.1) is 0 Å². The first kappa shape index (κ1) is 24.5. The van der Waals surface area contributed by atoms with E-state index in [1.807, 2.05) is 55.5 Å². The third kappa shape index (κ3) is 4.69. The first-order valence-electron chi connectivity index (χ1n) is 12.4. The minimum absolute atomic E-state index is 0.0402. The highest BCUT2D eigenvalue weighted by Gasteiger charge is 2.53. The van der Waals surface area contributed by atoms with Gasteiger partial charge in [-0.3, -0.25) is 14.4 Å². The monoisotopic (exact) mass is 501 g/mol. The molecular formula is C28H31N5O4. The van der Waals surface area contributed by atoms with Crippen molar-refractivity contribution in [1.29, 1.82) is 0 Å². The predicted molar refractivity (Wildman–Crippen MR) is 137 cm³/mol. The lowest BCUT2D eigenvalue weighted by atomic mass is 9.93. The Kier molecular flexibility index (Phi) is 6.45. The summed E-state index contributed by atoms with van der Waals surface area (Å²) in [4.78, 5) is 46.3. The molecule has 0 radical (unpaired) electrons. The van der Waals surface area contributed by atoms with Crippen LogP contribution in [0.15, 0.2) is 54.9 Å². The summed E-state index contributed by atoms with van der Waals surface area (Å²) in [5.74, 6) is -0.336. The van der Waals surface area contributed by atoms with E-state index in [-0.39, 0.29) is 42.3 Å². The zero-order chi connectivity index (χ0) is 26.2. The van der Waals surface area contributed by atoms with Crippen molar-refractivity contribution in [1.82, 2.24) is 25.1 Å². The van der Waals surface area contributed by atoms with Crippen molar-refractivity contribution in [2.24, 2.45) is 0 Å². The number of amides is 3. The number of carbonyl (C=O) groups is 3. The molecule has 0 bridgehead atoms. The molecule has 2 N–H and O–H groups in total. The first-order chi connectivity index (χ1) is 17.8. The van der Waals surface area contributed by atoms with Crippen molar-refractivity contribution in [3.05, 3.63) is 82.9 Å².